The lowest BCUT2D eigenvalue weighted by Gasteiger charge is -2.48. The first-order valence-electron chi connectivity index (χ1n) is 10.1. The van der Waals surface area contributed by atoms with Crippen molar-refractivity contribution >= 4 is 28.8 Å². The quantitative estimate of drug-likeness (QED) is 0.785. The predicted molar refractivity (Wildman–Crippen MR) is 117 cm³/mol. The molecule has 7 heteroatoms. The van der Waals surface area contributed by atoms with Gasteiger partial charge in [0.15, 0.2) is 0 Å². The molecule has 0 radical (unpaired) electrons. The Morgan fingerprint density at radius 1 is 1.28 bits per heavy atom. The van der Waals surface area contributed by atoms with Gasteiger partial charge >= 0.3 is 0 Å². The fraction of sp³-hybridized carbons (Fsp3) is 0.500. The van der Waals surface area contributed by atoms with Crippen LogP contribution in [0.1, 0.15) is 23.3 Å². The van der Waals surface area contributed by atoms with E-state index >= 15 is 0 Å². The molecule has 3 heterocycles. The summed E-state index contributed by atoms with van der Waals surface area (Å²) in [4.78, 5) is 18.6. The summed E-state index contributed by atoms with van der Waals surface area (Å²) in [5, 5.41) is 5.84. The van der Waals surface area contributed by atoms with Gasteiger partial charge in [-0.05, 0) is 49.0 Å². The molecule has 0 aliphatic carbocycles. The number of hydrogen-bond donors (Lipinski definition) is 1. The van der Waals surface area contributed by atoms with Gasteiger partial charge < -0.3 is 15.0 Å². The summed E-state index contributed by atoms with van der Waals surface area (Å²) in [5.74, 6) is -0.00656. The molecule has 1 amide bonds. The summed E-state index contributed by atoms with van der Waals surface area (Å²) in [6, 6.07) is 12.1. The summed E-state index contributed by atoms with van der Waals surface area (Å²) in [7, 11) is 2.09. The first-order chi connectivity index (χ1) is 14.0. The average molecular weight is 434 g/mol. The SMILES string of the molecule is CN1C[C@H](C(=O)NCc2cccs2)OC2(CCN(Cc3ccc(Cl)cc3)CC2)C1. The number of thiophene rings is 1. The number of ether oxygens (including phenoxy) is 1. The molecule has 29 heavy (non-hydrogen) atoms. The average Bonchev–Trinajstić information content (AvgIpc) is 3.23. The fourth-order valence-corrected chi connectivity index (χ4v) is 5.07. The van der Waals surface area contributed by atoms with E-state index in [2.05, 4.69) is 34.3 Å². The van der Waals surface area contributed by atoms with Gasteiger partial charge in [-0.3, -0.25) is 9.69 Å². The highest BCUT2D eigenvalue weighted by molar-refractivity contribution is 7.09. The first kappa shape index (κ1) is 20.8. The molecular formula is C22H28ClN3O2S. The van der Waals surface area contributed by atoms with Crippen LogP contribution in [0.5, 0.6) is 0 Å². The molecule has 2 aliphatic rings. The Labute approximate surface area is 181 Å². The number of morpholine rings is 1. The van der Waals surface area contributed by atoms with Crippen LogP contribution in [0.15, 0.2) is 41.8 Å². The second-order valence-corrected chi connectivity index (χ2v) is 9.65. The Kier molecular flexibility index (Phi) is 6.56. The van der Waals surface area contributed by atoms with Crippen molar-refractivity contribution in [2.24, 2.45) is 0 Å². The normalized spacial score (nSPS) is 22.6. The molecule has 1 atom stereocenters. The zero-order chi connectivity index (χ0) is 20.3. The third-order valence-corrected chi connectivity index (χ3v) is 6.95. The number of nitrogens with one attached hydrogen (secondary N) is 1. The van der Waals surface area contributed by atoms with Crippen LogP contribution in [0, 0.1) is 0 Å². The molecule has 1 aromatic heterocycles. The van der Waals surface area contributed by atoms with Crippen molar-refractivity contribution in [3.63, 3.8) is 0 Å². The molecular weight excluding hydrogens is 406 g/mol. The van der Waals surface area contributed by atoms with Crippen molar-refractivity contribution in [1.82, 2.24) is 15.1 Å². The molecule has 0 bridgehead atoms. The Morgan fingerprint density at radius 2 is 2.03 bits per heavy atom. The second kappa shape index (κ2) is 9.14. The van der Waals surface area contributed by atoms with Gasteiger partial charge in [0, 0.05) is 42.6 Å². The third-order valence-electron chi connectivity index (χ3n) is 5.82. The molecule has 0 saturated carbocycles. The van der Waals surface area contributed by atoms with E-state index in [1.807, 2.05) is 29.6 Å². The van der Waals surface area contributed by atoms with Gasteiger partial charge in [-0.1, -0.05) is 29.8 Å². The number of nitrogens with zero attached hydrogens (tertiary/aromatic N) is 2. The number of carbonyl (C=O) groups is 1. The molecule has 2 fully saturated rings. The number of amides is 1. The van der Waals surface area contributed by atoms with E-state index in [9.17, 15) is 4.79 Å². The lowest BCUT2D eigenvalue weighted by molar-refractivity contribution is -0.182. The van der Waals surface area contributed by atoms with Gasteiger partial charge in [-0.2, -0.15) is 0 Å². The summed E-state index contributed by atoms with van der Waals surface area (Å²) in [6.45, 7) is 4.97. The van der Waals surface area contributed by atoms with Gasteiger partial charge in [-0.15, -0.1) is 11.3 Å². The molecule has 0 unspecified atom stereocenters. The standard InChI is InChI=1S/C22H28ClN3O2S/c1-25-15-20(21(27)24-13-19-3-2-12-29-19)28-22(16-25)8-10-26(11-9-22)14-17-4-6-18(23)7-5-17/h2-7,12,20H,8-11,13-16H2,1H3,(H,24,27)/t20-/m1/s1. The van der Waals surface area contributed by atoms with Crippen molar-refractivity contribution < 1.29 is 9.53 Å². The number of likely N-dealkylation sites (N-methyl/N-ethyl adjacent to an activating group) is 1. The summed E-state index contributed by atoms with van der Waals surface area (Å²) >= 11 is 7.65. The Bertz CT molecular complexity index is 804. The van der Waals surface area contributed by atoms with Crippen LogP contribution in [0.25, 0.3) is 0 Å². The zero-order valence-corrected chi connectivity index (χ0v) is 18.3. The Morgan fingerprint density at radius 3 is 2.72 bits per heavy atom. The summed E-state index contributed by atoms with van der Waals surface area (Å²) in [6.07, 6.45) is 1.48. The minimum Gasteiger partial charge on any atom is -0.359 e. The Hall–Kier alpha value is -1.44. The molecule has 2 aromatic rings. The van der Waals surface area contributed by atoms with Crippen LogP contribution >= 0.6 is 22.9 Å². The topological polar surface area (TPSA) is 44.8 Å². The van der Waals surface area contributed by atoms with E-state index in [4.69, 9.17) is 16.3 Å². The maximum Gasteiger partial charge on any atom is 0.250 e. The van der Waals surface area contributed by atoms with Crippen LogP contribution in [0.2, 0.25) is 5.02 Å². The highest BCUT2D eigenvalue weighted by Gasteiger charge is 2.43. The van der Waals surface area contributed by atoms with Crippen molar-refractivity contribution in [2.75, 3.05) is 33.2 Å². The largest absolute Gasteiger partial charge is 0.359 e. The van der Waals surface area contributed by atoms with Gasteiger partial charge in [0.1, 0.15) is 6.10 Å². The van der Waals surface area contributed by atoms with E-state index in [1.165, 1.54) is 5.56 Å². The summed E-state index contributed by atoms with van der Waals surface area (Å²) in [5.41, 5.74) is 1.05. The number of benzene rings is 1. The van der Waals surface area contributed by atoms with Gasteiger partial charge in [-0.25, -0.2) is 0 Å². The van der Waals surface area contributed by atoms with E-state index in [1.54, 1.807) is 11.3 Å². The Balaban J connectivity index is 1.31. The van der Waals surface area contributed by atoms with Crippen LogP contribution in [-0.4, -0.2) is 60.6 Å². The van der Waals surface area contributed by atoms with Gasteiger partial charge in [0.2, 0.25) is 0 Å². The minimum atomic E-state index is -0.406. The minimum absolute atomic E-state index is 0.00656. The highest BCUT2D eigenvalue weighted by Crippen LogP contribution is 2.32. The fourth-order valence-electron chi connectivity index (χ4n) is 4.30. The number of halogens is 1. The number of piperidine rings is 1. The maximum absolute atomic E-state index is 12.7. The van der Waals surface area contributed by atoms with Crippen LogP contribution in [0.3, 0.4) is 0 Å². The third kappa shape index (κ3) is 5.38. The number of likely N-dealkylation sites (tertiary alicyclic amines) is 1. The molecule has 156 valence electrons. The van der Waals surface area contributed by atoms with Crippen molar-refractivity contribution in [1.29, 1.82) is 0 Å². The molecule has 5 nitrogen and oxygen atoms in total. The van der Waals surface area contributed by atoms with E-state index in [0.29, 0.717) is 13.1 Å². The zero-order valence-electron chi connectivity index (χ0n) is 16.8. The van der Waals surface area contributed by atoms with Crippen molar-refractivity contribution in [3.8, 4) is 0 Å². The van der Waals surface area contributed by atoms with Crippen molar-refractivity contribution in [3.05, 3.63) is 57.2 Å². The van der Waals surface area contributed by atoms with Gasteiger partial charge in [0.05, 0.1) is 12.1 Å². The molecule has 2 saturated heterocycles. The molecule has 4 rings (SSSR count). The molecule has 1 spiro atoms. The van der Waals surface area contributed by atoms with Gasteiger partial charge in [0.25, 0.3) is 5.91 Å². The number of rotatable bonds is 5. The first-order valence-corrected chi connectivity index (χ1v) is 11.4. The van der Waals surface area contributed by atoms with Crippen LogP contribution in [0.4, 0.5) is 0 Å². The van der Waals surface area contributed by atoms with Crippen molar-refractivity contribution in [2.45, 2.75) is 37.6 Å². The maximum atomic E-state index is 12.7. The van der Waals surface area contributed by atoms with Crippen LogP contribution < -0.4 is 5.32 Å². The van der Waals surface area contributed by atoms with E-state index < -0.39 is 6.10 Å². The van der Waals surface area contributed by atoms with Crippen LogP contribution in [-0.2, 0) is 22.6 Å². The van der Waals surface area contributed by atoms with E-state index in [0.717, 1.165) is 48.9 Å². The summed E-state index contributed by atoms with van der Waals surface area (Å²) < 4.78 is 6.44. The lowest BCUT2D eigenvalue weighted by atomic mass is 9.88. The highest BCUT2D eigenvalue weighted by atomic mass is 35.5. The number of hydrogen-bond acceptors (Lipinski definition) is 5. The molecule has 1 N–H and O–H groups in total. The molecule has 2 aliphatic heterocycles. The second-order valence-electron chi connectivity index (χ2n) is 8.19. The lowest BCUT2D eigenvalue weighted by Crippen LogP contribution is -2.61. The smallest absolute Gasteiger partial charge is 0.250 e. The number of carbonyl (C=O) groups excluding carboxylic acids is 1. The monoisotopic (exact) mass is 433 g/mol. The van der Waals surface area contributed by atoms with E-state index in [-0.39, 0.29) is 11.5 Å². The molecule has 1 aromatic carbocycles. The predicted octanol–water partition coefficient (Wildman–Crippen LogP) is 3.38.